The molecule has 0 bridgehead atoms. The van der Waals surface area contributed by atoms with E-state index in [-0.39, 0.29) is 5.91 Å². The highest BCUT2D eigenvalue weighted by Gasteiger charge is 2.28. The first-order valence-corrected chi connectivity index (χ1v) is 8.13. The van der Waals surface area contributed by atoms with Crippen LogP contribution in [-0.2, 0) is 6.42 Å². The Morgan fingerprint density at radius 3 is 2.88 bits per heavy atom. The molecule has 0 saturated heterocycles. The van der Waals surface area contributed by atoms with Crippen molar-refractivity contribution in [1.82, 2.24) is 19.6 Å². The van der Waals surface area contributed by atoms with E-state index >= 15 is 0 Å². The van der Waals surface area contributed by atoms with Crippen LogP contribution < -0.4 is 5.01 Å². The number of hydrogen-bond donors (Lipinski definition) is 0. The largest absolute Gasteiger partial charge is 0.292 e. The standard InChI is InChI=1S/C16H13Cl2N5O/c1-21-14-3-2-11(17)6-10(14)4-5-23(21)16(24)13-7-15-19-8-12(18)9-22(15)20-13/h2-3,6-9H,4-5H2,1H3. The Hall–Kier alpha value is -2.31. The fraction of sp³-hybridized carbons (Fsp3) is 0.188. The molecule has 6 nitrogen and oxygen atoms in total. The molecule has 3 aromatic rings. The summed E-state index contributed by atoms with van der Waals surface area (Å²) in [6, 6.07) is 7.33. The van der Waals surface area contributed by atoms with Crippen molar-refractivity contribution in [2.24, 2.45) is 0 Å². The molecule has 3 heterocycles. The smallest absolute Gasteiger partial charge is 0.285 e. The lowest BCUT2D eigenvalue weighted by Gasteiger charge is -2.38. The molecule has 4 rings (SSSR count). The van der Waals surface area contributed by atoms with E-state index in [1.54, 1.807) is 17.3 Å². The van der Waals surface area contributed by atoms with Gasteiger partial charge in [0.15, 0.2) is 11.3 Å². The van der Waals surface area contributed by atoms with E-state index in [9.17, 15) is 4.79 Å². The van der Waals surface area contributed by atoms with Crippen LogP contribution >= 0.6 is 23.2 Å². The number of halogens is 2. The molecule has 122 valence electrons. The van der Waals surface area contributed by atoms with Gasteiger partial charge in [-0.2, -0.15) is 5.10 Å². The lowest BCUT2D eigenvalue weighted by atomic mass is 10.1. The molecule has 1 aliphatic rings. The number of rotatable bonds is 1. The van der Waals surface area contributed by atoms with E-state index in [1.165, 1.54) is 10.7 Å². The van der Waals surface area contributed by atoms with Crippen LogP contribution in [0.4, 0.5) is 5.69 Å². The highest BCUT2D eigenvalue weighted by atomic mass is 35.5. The number of aromatic nitrogens is 3. The number of hydrazine groups is 1. The van der Waals surface area contributed by atoms with Crippen molar-refractivity contribution in [2.45, 2.75) is 6.42 Å². The Morgan fingerprint density at radius 2 is 2.04 bits per heavy atom. The van der Waals surface area contributed by atoms with E-state index in [2.05, 4.69) is 10.1 Å². The fourth-order valence-corrected chi connectivity index (χ4v) is 3.24. The maximum Gasteiger partial charge on any atom is 0.292 e. The van der Waals surface area contributed by atoms with Crippen molar-refractivity contribution in [1.29, 1.82) is 0 Å². The molecule has 0 unspecified atom stereocenters. The Morgan fingerprint density at radius 1 is 1.21 bits per heavy atom. The van der Waals surface area contributed by atoms with E-state index in [4.69, 9.17) is 23.2 Å². The molecule has 0 spiro atoms. The molecule has 8 heteroatoms. The normalized spacial score (nSPS) is 14.1. The molecular weight excluding hydrogens is 349 g/mol. The Bertz CT molecular complexity index is 955. The number of fused-ring (bicyclic) bond motifs is 2. The number of carbonyl (C=O) groups is 1. The summed E-state index contributed by atoms with van der Waals surface area (Å²) in [5, 5.41) is 8.95. The molecule has 1 aromatic carbocycles. The maximum absolute atomic E-state index is 12.9. The summed E-state index contributed by atoms with van der Waals surface area (Å²) in [5.41, 5.74) is 2.99. The van der Waals surface area contributed by atoms with Crippen LogP contribution in [0.3, 0.4) is 0 Å². The highest BCUT2D eigenvalue weighted by Crippen LogP contribution is 2.29. The van der Waals surface area contributed by atoms with Crippen LogP contribution in [0, 0.1) is 0 Å². The number of hydrogen-bond acceptors (Lipinski definition) is 4. The van der Waals surface area contributed by atoms with Crippen molar-refractivity contribution < 1.29 is 4.79 Å². The zero-order valence-corrected chi connectivity index (χ0v) is 14.3. The van der Waals surface area contributed by atoms with Crippen molar-refractivity contribution >= 4 is 40.4 Å². The molecule has 2 aromatic heterocycles. The molecule has 24 heavy (non-hydrogen) atoms. The SMILES string of the molecule is CN1c2ccc(Cl)cc2CCN1C(=O)c1cc2ncc(Cl)cn2n1. The fourth-order valence-electron chi connectivity index (χ4n) is 2.90. The van der Waals surface area contributed by atoms with Gasteiger partial charge in [0.1, 0.15) is 0 Å². The summed E-state index contributed by atoms with van der Waals surface area (Å²) < 4.78 is 1.51. The number of benzene rings is 1. The number of amides is 1. The van der Waals surface area contributed by atoms with Gasteiger partial charge in [-0.1, -0.05) is 23.2 Å². The highest BCUT2D eigenvalue weighted by molar-refractivity contribution is 6.30. The molecule has 1 aliphatic heterocycles. The predicted octanol–water partition coefficient (Wildman–Crippen LogP) is 3.09. The summed E-state index contributed by atoms with van der Waals surface area (Å²) in [6.07, 6.45) is 3.89. The molecule has 0 saturated carbocycles. The van der Waals surface area contributed by atoms with Crippen molar-refractivity contribution in [3.05, 3.63) is 58.0 Å². The van der Waals surface area contributed by atoms with Crippen molar-refractivity contribution in [3.63, 3.8) is 0 Å². The molecule has 0 aliphatic carbocycles. The van der Waals surface area contributed by atoms with Crippen LogP contribution in [0.2, 0.25) is 10.0 Å². The van der Waals surface area contributed by atoms with E-state index in [0.717, 1.165) is 17.7 Å². The zero-order chi connectivity index (χ0) is 16.8. The first kappa shape index (κ1) is 15.2. The summed E-state index contributed by atoms with van der Waals surface area (Å²) in [4.78, 5) is 17.0. The molecule has 0 N–H and O–H groups in total. The van der Waals surface area contributed by atoms with Crippen LogP contribution in [0.15, 0.2) is 36.7 Å². The van der Waals surface area contributed by atoms with Gasteiger partial charge in [-0.05, 0) is 30.2 Å². The molecular formula is C16H13Cl2N5O. The molecule has 0 fully saturated rings. The third kappa shape index (κ3) is 2.48. The van der Waals surface area contributed by atoms with Crippen LogP contribution in [0.5, 0.6) is 0 Å². The van der Waals surface area contributed by atoms with Gasteiger partial charge in [-0.15, -0.1) is 0 Å². The van der Waals surface area contributed by atoms with E-state index in [1.807, 2.05) is 30.3 Å². The number of carbonyl (C=O) groups excluding carboxylic acids is 1. The minimum atomic E-state index is -0.181. The van der Waals surface area contributed by atoms with Crippen molar-refractivity contribution in [3.8, 4) is 0 Å². The van der Waals surface area contributed by atoms with E-state index in [0.29, 0.717) is 27.9 Å². The van der Waals surface area contributed by atoms with Gasteiger partial charge in [-0.25, -0.2) is 14.5 Å². The first-order valence-electron chi connectivity index (χ1n) is 7.38. The zero-order valence-electron chi connectivity index (χ0n) is 12.8. The topological polar surface area (TPSA) is 53.7 Å². The summed E-state index contributed by atoms with van der Waals surface area (Å²) in [7, 11) is 1.86. The second-order valence-corrected chi connectivity index (χ2v) is 6.45. The van der Waals surface area contributed by atoms with Crippen molar-refractivity contribution in [2.75, 3.05) is 18.6 Å². The monoisotopic (exact) mass is 361 g/mol. The third-order valence-corrected chi connectivity index (χ3v) is 4.51. The predicted molar refractivity (Wildman–Crippen MR) is 92.6 cm³/mol. The van der Waals surface area contributed by atoms with Gasteiger partial charge in [0.05, 0.1) is 16.9 Å². The van der Waals surface area contributed by atoms with Gasteiger partial charge >= 0.3 is 0 Å². The Labute approximate surface area is 148 Å². The lowest BCUT2D eigenvalue weighted by Crippen LogP contribution is -2.48. The lowest BCUT2D eigenvalue weighted by molar-refractivity contribution is 0.0732. The first-order chi connectivity index (χ1) is 11.5. The van der Waals surface area contributed by atoms with Gasteiger partial charge in [0, 0.05) is 30.9 Å². The maximum atomic E-state index is 12.9. The average Bonchev–Trinajstić information content (AvgIpc) is 2.97. The van der Waals surface area contributed by atoms with Gasteiger partial charge in [0.2, 0.25) is 0 Å². The van der Waals surface area contributed by atoms with Gasteiger partial charge in [0.25, 0.3) is 5.91 Å². The summed E-state index contributed by atoms with van der Waals surface area (Å²) >= 11 is 12.0. The third-order valence-electron chi connectivity index (χ3n) is 4.08. The second-order valence-electron chi connectivity index (χ2n) is 5.58. The van der Waals surface area contributed by atoms with Crippen LogP contribution in [0.25, 0.3) is 5.65 Å². The van der Waals surface area contributed by atoms with E-state index < -0.39 is 0 Å². The Kier molecular flexibility index (Phi) is 3.58. The average molecular weight is 362 g/mol. The Balaban J connectivity index is 1.67. The minimum absolute atomic E-state index is 0.181. The molecule has 0 atom stereocenters. The summed E-state index contributed by atoms with van der Waals surface area (Å²) in [6.45, 7) is 0.560. The van der Waals surface area contributed by atoms with Gasteiger partial charge in [-0.3, -0.25) is 9.80 Å². The second kappa shape index (κ2) is 5.65. The van der Waals surface area contributed by atoms with Crippen LogP contribution in [-0.4, -0.2) is 39.1 Å². The van der Waals surface area contributed by atoms with Crippen LogP contribution in [0.1, 0.15) is 16.1 Å². The minimum Gasteiger partial charge on any atom is -0.285 e. The summed E-state index contributed by atoms with van der Waals surface area (Å²) in [5.74, 6) is -0.181. The molecule has 0 radical (unpaired) electrons. The quantitative estimate of drug-likeness (QED) is 0.668. The number of anilines is 1. The molecule has 1 amide bonds. The number of nitrogens with zero attached hydrogens (tertiary/aromatic N) is 5. The van der Waals surface area contributed by atoms with Gasteiger partial charge < -0.3 is 0 Å².